The highest BCUT2D eigenvalue weighted by Crippen LogP contribution is 2.39. The van der Waals surface area contributed by atoms with Gasteiger partial charge in [0, 0.05) is 11.5 Å². The lowest BCUT2D eigenvalue weighted by molar-refractivity contribution is -0.0524. The molecule has 0 fully saturated rings. The lowest BCUT2D eigenvalue weighted by Gasteiger charge is -2.25. The fourth-order valence-electron chi connectivity index (χ4n) is 1.99. The molecule has 0 N–H and O–H groups in total. The first-order valence-electron chi connectivity index (χ1n) is 5.23. The van der Waals surface area contributed by atoms with Gasteiger partial charge in [0.15, 0.2) is 0 Å². The topological polar surface area (TPSA) is 0 Å². The second-order valence-corrected chi connectivity index (χ2v) is 4.55. The lowest BCUT2D eigenvalue weighted by atomic mass is 9.89. The number of hydrogen-bond donors (Lipinski definition) is 0. The molecule has 1 aromatic carbocycles. The Labute approximate surface area is 90.3 Å². The fourth-order valence-corrected chi connectivity index (χ4v) is 1.99. The molecule has 15 heavy (non-hydrogen) atoms. The third-order valence-corrected chi connectivity index (χ3v) is 2.74. The highest BCUT2D eigenvalue weighted by molar-refractivity contribution is 5.40. The van der Waals surface area contributed by atoms with Gasteiger partial charge in [-0.1, -0.05) is 31.5 Å². The molecule has 0 unspecified atom stereocenters. The molecular formula is C13H18F2. The van der Waals surface area contributed by atoms with E-state index in [0.29, 0.717) is 11.1 Å². The maximum absolute atomic E-state index is 13.9. The van der Waals surface area contributed by atoms with Gasteiger partial charge in [-0.25, -0.2) is 8.78 Å². The molecule has 1 rings (SSSR count). The van der Waals surface area contributed by atoms with Gasteiger partial charge in [0.05, 0.1) is 0 Å². The van der Waals surface area contributed by atoms with Crippen molar-refractivity contribution in [2.75, 3.05) is 0 Å². The monoisotopic (exact) mass is 212 g/mol. The molecule has 1 aromatic rings. The number of aryl methyl sites for hydroxylation is 3. The van der Waals surface area contributed by atoms with Crippen LogP contribution in [0.3, 0.4) is 0 Å². The summed E-state index contributed by atoms with van der Waals surface area (Å²) in [6, 6.07) is 3.64. The Morgan fingerprint density at radius 1 is 1.00 bits per heavy atom. The summed E-state index contributed by atoms with van der Waals surface area (Å²) in [7, 11) is 0. The summed E-state index contributed by atoms with van der Waals surface area (Å²) in [5.74, 6) is -3.40. The summed E-state index contributed by atoms with van der Waals surface area (Å²) in [5.41, 5.74) is 2.61. The second kappa shape index (κ2) is 3.92. The van der Waals surface area contributed by atoms with Crippen LogP contribution >= 0.6 is 0 Å². The minimum atomic E-state index is -2.73. The second-order valence-electron chi connectivity index (χ2n) is 4.55. The molecule has 0 bridgehead atoms. The van der Waals surface area contributed by atoms with Crippen LogP contribution in [0, 0.1) is 26.7 Å². The van der Waals surface area contributed by atoms with E-state index in [4.69, 9.17) is 0 Å². The van der Waals surface area contributed by atoms with Crippen LogP contribution in [-0.4, -0.2) is 0 Å². The molecule has 2 heteroatoms. The molecule has 0 saturated heterocycles. The molecule has 0 radical (unpaired) electrons. The molecule has 0 aliphatic rings. The molecule has 0 heterocycles. The van der Waals surface area contributed by atoms with Gasteiger partial charge in [0.1, 0.15) is 0 Å². The predicted octanol–water partition coefficient (Wildman–Crippen LogP) is 4.36. The van der Waals surface area contributed by atoms with Crippen molar-refractivity contribution in [2.45, 2.75) is 40.5 Å². The molecular weight excluding hydrogens is 194 g/mol. The van der Waals surface area contributed by atoms with Gasteiger partial charge >= 0.3 is 0 Å². The van der Waals surface area contributed by atoms with Gasteiger partial charge in [-0.2, -0.15) is 0 Å². The summed E-state index contributed by atoms with van der Waals surface area (Å²) in [6.45, 7) is 8.55. The first kappa shape index (κ1) is 12.2. The number of halogens is 2. The van der Waals surface area contributed by atoms with E-state index in [1.54, 1.807) is 27.7 Å². The van der Waals surface area contributed by atoms with Crippen molar-refractivity contribution >= 4 is 0 Å². The summed E-state index contributed by atoms with van der Waals surface area (Å²) >= 11 is 0. The van der Waals surface area contributed by atoms with Gasteiger partial charge in [0.2, 0.25) is 0 Å². The van der Waals surface area contributed by atoms with Crippen LogP contribution in [0.25, 0.3) is 0 Å². The van der Waals surface area contributed by atoms with Crippen molar-refractivity contribution in [1.29, 1.82) is 0 Å². The Morgan fingerprint density at radius 2 is 1.40 bits per heavy atom. The van der Waals surface area contributed by atoms with Crippen molar-refractivity contribution in [2.24, 2.45) is 5.92 Å². The van der Waals surface area contributed by atoms with Crippen LogP contribution < -0.4 is 0 Å². The van der Waals surface area contributed by atoms with Crippen LogP contribution in [0.1, 0.15) is 36.1 Å². The maximum atomic E-state index is 13.9. The lowest BCUT2D eigenvalue weighted by Crippen LogP contribution is -2.23. The van der Waals surface area contributed by atoms with E-state index in [-0.39, 0.29) is 5.56 Å². The summed E-state index contributed by atoms with van der Waals surface area (Å²) in [6.07, 6.45) is 0. The van der Waals surface area contributed by atoms with E-state index in [2.05, 4.69) is 0 Å². The Morgan fingerprint density at radius 3 is 1.73 bits per heavy atom. The van der Waals surface area contributed by atoms with Crippen LogP contribution in [0.4, 0.5) is 8.78 Å². The van der Waals surface area contributed by atoms with Crippen molar-refractivity contribution < 1.29 is 8.78 Å². The van der Waals surface area contributed by atoms with E-state index in [0.717, 1.165) is 5.56 Å². The molecule has 0 spiro atoms. The van der Waals surface area contributed by atoms with E-state index in [1.807, 2.05) is 19.1 Å². The zero-order valence-electron chi connectivity index (χ0n) is 9.99. The maximum Gasteiger partial charge on any atom is 0.275 e. The Kier molecular flexibility index (Phi) is 3.17. The van der Waals surface area contributed by atoms with Gasteiger partial charge in [-0.15, -0.1) is 0 Å². The van der Waals surface area contributed by atoms with Gasteiger partial charge < -0.3 is 0 Å². The van der Waals surface area contributed by atoms with E-state index in [1.165, 1.54) is 0 Å². The summed E-state index contributed by atoms with van der Waals surface area (Å²) < 4.78 is 27.9. The average molecular weight is 212 g/mol. The van der Waals surface area contributed by atoms with Crippen LogP contribution in [0.2, 0.25) is 0 Å². The molecule has 0 aliphatic carbocycles. The van der Waals surface area contributed by atoms with Gasteiger partial charge in [-0.05, 0) is 31.9 Å². The van der Waals surface area contributed by atoms with Crippen molar-refractivity contribution in [3.05, 3.63) is 34.4 Å². The molecule has 0 nitrogen and oxygen atoms in total. The van der Waals surface area contributed by atoms with Crippen LogP contribution in [-0.2, 0) is 5.92 Å². The highest BCUT2D eigenvalue weighted by atomic mass is 19.3. The molecule has 0 saturated carbocycles. The number of rotatable bonds is 2. The van der Waals surface area contributed by atoms with Crippen molar-refractivity contribution in [3.8, 4) is 0 Å². The molecule has 0 atom stereocenters. The van der Waals surface area contributed by atoms with Crippen LogP contribution in [0.15, 0.2) is 12.1 Å². The fraction of sp³-hybridized carbons (Fsp3) is 0.538. The standard InChI is InChI=1S/C13H18F2/c1-8(2)13(14,15)12-10(4)6-9(3)7-11(12)5/h6-8H,1-5H3. The van der Waals surface area contributed by atoms with Crippen molar-refractivity contribution in [1.82, 2.24) is 0 Å². The Hall–Kier alpha value is -0.920. The zero-order chi connectivity index (χ0) is 11.8. The summed E-state index contributed by atoms with van der Waals surface area (Å²) in [4.78, 5) is 0. The third-order valence-electron chi connectivity index (χ3n) is 2.74. The zero-order valence-corrected chi connectivity index (χ0v) is 9.99. The Balaban J connectivity index is 3.38. The van der Waals surface area contributed by atoms with Crippen LogP contribution in [0.5, 0.6) is 0 Å². The molecule has 0 aromatic heterocycles. The first-order chi connectivity index (χ1) is 6.76. The SMILES string of the molecule is Cc1cc(C)c(C(F)(F)C(C)C)c(C)c1. The number of hydrogen-bond acceptors (Lipinski definition) is 0. The highest BCUT2D eigenvalue weighted by Gasteiger charge is 2.38. The largest absolute Gasteiger partial charge is 0.275 e. The van der Waals surface area contributed by atoms with E-state index >= 15 is 0 Å². The molecule has 0 aliphatic heterocycles. The Bertz CT molecular complexity index is 342. The number of alkyl halides is 2. The van der Waals surface area contributed by atoms with E-state index < -0.39 is 11.8 Å². The first-order valence-corrected chi connectivity index (χ1v) is 5.23. The predicted molar refractivity (Wildman–Crippen MR) is 59.4 cm³/mol. The number of benzene rings is 1. The van der Waals surface area contributed by atoms with Gasteiger partial charge in [0.25, 0.3) is 5.92 Å². The van der Waals surface area contributed by atoms with Crippen molar-refractivity contribution in [3.63, 3.8) is 0 Å². The third kappa shape index (κ3) is 2.19. The summed E-state index contributed by atoms with van der Waals surface area (Å²) in [5, 5.41) is 0. The molecule has 0 amide bonds. The quantitative estimate of drug-likeness (QED) is 0.683. The normalized spacial score (nSPS) is 12.3. The van der Waals surface area contributed by atoms with E-state index in [9.17, 15) is 8.78 Å². The minimum absolute atomic E-state index is 0.197. The average Bonchev–Trinajstić information content (AvgIpc) is 2.00. The minimum Gasteiger partial charge on any atom is -0.201 e. The van der Waals surface area contributed by atoms with Gasteiger partial charge in [-0.3, -0.25) is 0 Å². The smallest absolute Gasteiger partial charge is 0.201 e. The molecule has 84 valence electrons.